The fourth-order valence-corrected chi connectivity index (χ4v) is 4.21. The molecule has 0 spiro atoms. The summed E-state index contributed by atoms with van der Waals surface area (Å²) in [6, 6.07) is 9.24. The SMILES string of the molecule is CCCN(CCC)C(=O)c1cc(C(=O)NCCCNCc2ccnc(CN(C)C)c2)cc(-c2ncco2)c1. The molecule has 0 unspecified atom stereocenters. The van der Waals surface area contributed by atoms with Crippen molar-refractivity contribution >= 4 is 11.8 Å². The molecule has 0 bridgehead atoms. The molecule has 0 fully saturated rings. The summed E-state index contributed by atoms with van der Waals surface area (Å²) in [5, 5.41) is 6.40. The van der Waals surface area contributed by atoms with E-state index in [4.69, 9.17) is 4.42 Å². The van der Waals surface area contributed by atoms with Crippen LogP contribution >= 0.6 is 0 Å². The minimum atomic E-state index is -0.229. The van der Waals surface area contributed by atoms with Crippen molar-refractivity contribution in [3.8, 4) is 11.5 Å². The third-order valence-electron chi connectivity index (χ3n) is 5.90. The Morgan fingerprint density at radius 3 is 2.39 bits per heavy atom. The zero-order valence-electron chi connectivity index (χ0n) is 23.0. The minimum Gasteiger partial charge on any atom is -0.445 e. The summed E-state index contributed by atoms with van der Waals surface area (Å²) in [7, 11) is 4.05. The van der Waals surface area contributed by atoms with Crippen molar-refractivity contribution in [2.24, 2.45) is 0 Å². The first kappa shape index (κ1) is 29.0. The van der Waals surface area contributed by atoms with Crippen LogP contribution in [0.15, 0.2) is 53.4 Å². The number of oxazole rings is 1. The molecular weight excluding hydrogens is 480 g/mol. The highest BCUT2D eigenvalue weighted by atomic mass is 16.3. The van der Waals surface area contributed by atoms with Crippen molar-refractivity contribution in [2.45, 2.75) is 46.2 Å². The lowest BCUT2D eigenvalue weighted by Gasteiger charge is -2.22. The standard InChI is InChI=1S/C29H40N6O3/c1-5-13-35(14-6-2)29(37)25-18-23(17-24(19-25)28-33-12-15-38-28)27(36)32-10-7-9-30-20-22-8-11-31-26(16-22)21-34(3)4/h8,11-12,15-19,30H,5-7,9-10,13-14,20-21H2,1-4H3,(H,32,36). The van der Waals surface area contributed by atoms with E-state index in [-0.39, 0.29) is 11.8 Å². The highest BCUT2D eigenvalue weighted by molar-refractivity contribution is 6.01. The minimum absolute atomic E-state index is 0.0924. The summed E-state index contributed by atoms with van der Waals surface area (Å²) < 4.78 is 5.45. The van der Waals surface area contributed by atoms with Gasteiger partial charge < -0.3 is 24.9 Å². The Kier molecular flexibility index (Phi) is 11.4. The fourth-order valence-electron chi connectivity index (χ4n) is 4.21. The lowest BCUT2D eigenvalue weighted by molar-refractivity contribution is 0.0755. The summed E-state index contributed by atoms with van der Waals surface area (Å²) in [5.41, 5.74) is 3.70. The van der Waals surface area contributed by atoms with E-state index in [1.54, 1.807) is 24.4 Å². The van der Waals surface area contributed by atoms with Crippen molar-refractivity contribution in [2.75, 3.05) is 40.3 Å². The van der Waals surface area contributed by atoms with Crippen molar-refractivity contribution in [1.82, 2.24) is 30.4 Å². The molecule has 2 N–H and O–H groups in total. The molecule has 2 heterocycles. The van der Waals surface area contributed by atoms with Crippen LogP contribution < -0.4 is 10.6 Å². The molecule has 204 valence electrons. The molecule has 38 heavy (non-hydrogen) atoms. The third-order valence-corrected chi connectivity index (χ3v) is 5.90. The lowest BCUT2D eigenvalue weighted by atomic mass is 10.0. The molecule has 9 nitrogen and oxygen atoms in total. The van der Waals surface area contributed by atoms with Crippen LogP contribution in [-0.2, 0) is 13.1 Å². The molecular formula is C29H40N6O3. The number of pyridine rings is 1. The molecule has 2 aromatic heterocycles. The number of hydrogen-bond donors (Lipinski definition) is 2. The Labute approximate surface area is 225 Å². The number of aromatic nitrogens is 2. The van der Waals surface area contributed by atoms with E-state index >= 15 is 0 Å². The van der Waals surface area contributed by atoms with E-state index in [0.717, 1.165) is 44.6 Å². The summed E-state index contributed by atoms with van der Waals surface area (Å²) in [5.74, 6) is 0.0536. The monoisotopic (exact) mass is 520 g/mol. The number of benzene rings is 1. The van der Waals surface area contributed by atoms with Gasteiger partial charge in [-0.2, -0.15) is 0 Å². The van der Waals surface area contributed by atoms with Crippen molar-refractivity contribution < 1.29 is 14.0 Å². The summed E-state index contributed by atoms with van der Waals surface area (Å²) in [4.78, 5) is 38.8. The molecule has 0 aliphatic heterocycles. The molecule has 1 aromatic carbocycles. The molecule has 0 radical (unpaired) electrons. The molecule has 0 atom stereocenters. The second kappa shape index (κ2) is 15.0. The zero-order chi connectivity index (χ0) is 27.3. The maximum absolute atomic E-state index is 13.3. The van der Waals surface area contributed by atoms with Gasteiger partial charge in [-0.3, -0.25) is 14.6 Å². The first-order valence-electron chi connectivity index (χ1n) is 13.3. The van der Waals surface area contributed by atoms with E-state index < -0.39 is 0 Å². The number of nitrogens with zero attached hydrogens (tertiary/aromatic N) is 4. The van der Waals surface area contributed by atoms with Crippen molar-refractivity contribution in [3.63, 3.8) is 0 Å². The zero-order valence-corrected chi connectivity index (χ0v) is 23.0. The molecule has 0 aliphatic rings. The number of carbonyl (C=O) groups is 2. The van der Waals surface area contributed by atoms with Gasteiger partial charge in [0, 0.05) is 55.6 Å². The Bertz CT molecular complexity index is 1160. The third kappa shape index (κ3) is 8.78. The van der Waals surface area contributed by atoms with Crippen molar-refractivity contribution in [1.29, 1.82) is 0 Å². The normalized spacial score (nSPS) is 11.1. The molecule has 9 heteroatoms. The van der Waals surface area contributed by atoms with Crippen LogP contribution in [0.5, 0.6) is 0 Å². The summed E-state index contributed by atoms with van der Waals surface area (Å²) in [6.07, 6.45) is 7.37. The molecule has 0 aliphatic carbocycles. The topological polar surface area (TPSA) is 104 Å². The van der Waals surface area contributed by atoms with Gasteiger partial charge in [0.2, 0.25) is 5.89 Å². The summed E-state index contributed by atoms with van der Waals surface area (Å²) in [6.45, 7) is 8.25. The maximum atomic E-state index is 13.3. The van der Waals surface area contributed by atoms with Crippen molar-refractivity contribution in [3.05, 3.63) is 71.4 Å². The predicted octanol–water partition coefficient (Wildman–Crippen LogP) is 3.97. The van der Waals surface area contributed by atoms with Gasteiger partial charge in [0.1, 0.15) is 6.26 Å². The van der Waals surface area contributed by atoms with Gasteiger partial charge in [-0.1, -0.05) is 13.8 Å². The van der Waals surface area contributed by atoms with E-state index in [0.29, 0.717) is 42.2 Å². The van der Waals surface area contributed by atoms with Crippen LogP contribution in [0.3, 0.4) is 0 Å². The quantitative estimate of drug-likeness (QED) is 0.292. The average molecular weight is 521 g/mol. The number of nitrogens with one attached hydrogen (secondary N) is 2. The summed E-state index contributed by atoms with van der Waals surface area (Å²) >= 11 is 0. The largest absolute Gasteiger partial charge is 0.445 e. The van der Waals surface area contributed by atoms with E-state index in [1.807, 2.05) is 45.1 Å². The van der Waals surface area contributed by atoms with Crippen LogP contribution in [0, 0.1) is 0 Å². The molecule has 3 rings (SSSR count). The van der Waals surface area contributed by atoms with Crippen LogP contribution in [0.2, 0.25) is 0 Å². The Hall–Kier alpha value is -3.56. The second-order valence-electron chi connectivity index (χ2n) is 9.61. The number of carbonyl (C=O) groups excluding carboxylic acids is 2. The van der Waals surface area contributed by atoms with Gasteiger partial charge in [-0.05, 0) is 75.8 Å². The number of amides is 2. The molecule has 3 aromatic rings. The fraction of sp³-hybridized carbons (Fsp3) is 0.448. The first-order valence-corrected chi connectivity index (χ1v) is 13.3. The lowest BCUT2D eigenvalue weighted by Crippen LogP contribution is -2.33. The van der Waals surface area contributed by atoms with Crippen LogP contribution in [0.25, 0.3) is 11.5 Å². The molecule has 0 saturated carbocycles. The van der Waals surface area contributed by atoms with Crippen LogP contribution in [0.4, 0.5) is 0 Å². The van der Waals surface area contributed by atoms with Crippen LogP contribution in [-0.4, -0.2) is 71.9 Å². The second-order valence-corrected chi connectivity index (χ2v) is 9.61. The van der Waals surface area contributed by atoms with Crippen LogP contribution in [0.1, 0.15) is 65.1 Å². The Morgan fingerprint density at radius 1 is 0.947 bits per heavy atom. The predicted molar refractivity (Wildman–Crippen MR) is 149 cm³/mol. The maximum Gasteiger partial charge on any atom is 0.253 e. The van der Waals surface area contributed by atoms with E-state index in [9.17, 15) is 9.59 Å². The van der Waals surface area contributed by atoms with Gasteiger partial charge in [0.05, 0.1) is 11.9 Å². The Morgan fingerprint density at radius 2 is 1.71 bits per heavy atom. The number of hydrogen-bond acceptors (Lipinski definition) is 7. The smallest absolute Gasteiger partial charge is 0.253 e. The molecule has 2 amide bonds. The van der Waals surface area contributed by atoms with Gasteiger partial charge in [0.25, 0.3) is 11.8 Å². The van der Waals surface area contributed by atoms with Gasteiger partial charge in [-0.25, -0.2) is 4.98 Å². The van der Waals surface area contributed by atoms with E-state index in [1.165, 1.54) is 11.8 Å². The molecule has 0 saturated heterocycles. The van der Waals surface area contributed by atoms with Gasteiger partial charge >= 0.3 is 0 Å². The van der Waals surface area contributed by atoms with Gasteiger partial charge in [-0.15, -0.1) is 0 Å². The first-order chi connectivity index (χ1) is 18.4. The highest BCUT2D eigenvalue weighted by Gasteiger charge is 2.19. The van der Waals surface area contributed by atoms with E-state index in [2.05, 4.69) is 31.6 Å². The average Bonchev–Trinajstić information content (AvgIpc) is 3.45. The van der Waals surface area contributed by atoms with Gasteiger partial charge in [0.15, 0.2) is 0 Å². The Balaban J connectivity index is 1.58. The number of rotatable bonds is 15. The highest BCUT2D eigenvalue weighted by Crippen LogP contribution is 2.22.